The van der Waals surface area contributed by atoms with Crippen molar-refractivity contribution in [2.45, 2.75) is 6.42 Å². The van der Waals surface area contributed by atoms with Crippen molar-refractivity contribution in [2.75, 3.05) is 12.8 Å². The van der Waals surface area contributed by atoms with Gasteiger partial charge in [0, 0.05) is 7.37 Å². The van der Waals surface area contributed by atoms with Crippen LogP contribution >= 0.6 is 7.37 Å². The van der Waals surface area contributed by atoms with Gasteiger partial charge in [-0.05, 0) is 12.8 Å². The number of rotatable bonds is 3. The first-order valence-corrected chi connectivity index (χ1v) is 4.67. The number of hydrogen-bond acceptors (Lipinski definition) is 3. The van der Waals surface area contributed by atoms with Crippen molar-refractivity contribution in [3.8, 4) is 0 Å². The van der Waals surface area contributed by atoms with Crippen LogP contribution in [0.4, 0.5) is 0 Å². The second-order valence-electron chi connectivity index (χ2n) is 1.88. The van der Waals surface area contributed by atoms with Gasteiger partial charge in [0.15, 0.2) is 0 Å². The van der Waals surface area contributed by atoms with Crippen LogP contribution in [0.5, 0.6) is 0 Å². The van der Waals surface area contributed by atoms with Gasteiger partial charge in [-0.2, -0.15) is 0 Å². The summed E-state index contributed by atoms with van der Waals surface area (Å²) < 4.78 is 10.3. The molecule has 0 spiro atoms. The van der Waals surface area contributed by atoms with Gasteiger partial charge in [-0.1, -0.05) is 0 Å². The molecule has 10 heavy (non-hydrogen) atoms. The maximum Gasteiger partial charge on any atom is 1.00 e. The van der Waals surface area contributed by atoms with Gasteiger partial charge in [0.2, 0.25) is 0 Å². The number of carboxylic acid groups (broad SMARTS) is 1. The molecule has 1 atom stereocenters. The minimum atomic E-state index is -3.35. The smallest absolute Gasteiger partial charge is 0.799 e. The average Bonchev–Trinajstić information content (AvgIpc) is 1.59. The summed E-state index contributed by atoms with van der Waals surface area (Å²) in [7, 11) is -3.35. The molecule has 0 radical (unpaired) electrons. The summed E-state index contributed by atoms with van der Waals surface area (Å²) in [5, 5.41) is 8.02. The van der Waals surface area contributed by atoms with Gasteiger partial charge in [0.05, 0.1) is 6.42 Å². The fourth-order valence-corrected chi connectivity index (χ4v) is 0.896. The van der Waals surface area contributed by atoms with E-state index in [9.17, 15) is 14.3 Å². The maximum atomic E-state index is 10.3. The van der Waals surface area contributed by atoms with E-state index in [1.165, 1.54) is 0 Å². The molecule has 54 valence electrons. The molecule has 1 N–H and O–H groups in total. The van der Waals surface area contributed by atoms with Crippen LogP contribution in [0.25, 0.3) is 0 Å². The largest absolute Gasteiger partial charge is 1.00 e. The second kappa shape index (κ2) is 5.33. The Kier molecular flexibility index (Phi) is 7.07. The van der Waals surface area contributed by atoms with Gasteiger partial charge in [-0.15, -0.1) is 0 Å². The van der Waals surface area contributed by atoms with Gasteiger partial charge < -0.3 is 14.6 Å². The summed E-state index contributed by atoms with van der Waals surface area (Å²) in [6, 6.07) is 0. The fraction of sp³-hybridized carbons (Fsp3) is 0.750. The monoisotopic (exact) mass is 174 g/mol. The van der Waals surface area contributed by atoms with Gasteiger partial charge in [-0.25, -0.2) is 0 Å². The van der Waals surface area contributed by atoms with E-state index in [0.29, 0.717) is 0 Å². The minimum Gasteiger partial charge on any atom is -0.799 e. The van der Waals surface area contributed by atoms with Crippen molar-refractivity contribution in [3.63, 3.8) is 0 Å². The predicted molar refractivity (Wildman–Crippen MR) is 30.7 cm³/mol. The van der Waals surface area contributed by atoms with Crippen LogP contribution in [0.15, 0.2) is 0 Å². The van der Waals surface area contributed by atoms with Crippen LogP contribution in [0.1, 0.15) is 6.42 Å². The van der Waals surface area contributed by atoms with Crippen molar-refractivity contribution < 1.29 is 48.9 Å². The summed E-state index contributed by atoms with van der Waals surface area (Å²) >= 11 is 0. The van der Waals surface area contributed by atoms with Crippen LogP contribution in [-0.4, -0.2) is 23.9 Å². The summed E-state index contributed by atoms with van der Waals surface area (Å²) in [6.45, 7) is 1.04. The quantitative estimate of drug-likeness (QED) is 0.359. The Bertz CT molecular complexity index is 151. The molecule has 0 bridgehead atoms. The van der Waals surface area contributed by atoms with E-state index in [1.54, 1.807) is 0 Å². The summed E-state index contributed by atoms with van der Waals surface area (Å²) in [5.41, 5.74) is 0. The van der Waals surface area contributed by atoms with E-state index in [0.717, 1.165) is 6.66 Å². The van der Waals surface area contributed by atoms with Crippen molar-refractivity contribution in [1.82, 2.24) is 0 Å². The van der Waals surface area contributed by atoms with Crippen LogP contribution in [0.3, 0.4) is 0 Å². The molecule has 0 saturated carbocycles. The zero-order valence-electron chi connectivity index (χ0n) is 6.03. The molecule has 0 aromatic heterocycles. The van der Waals surface area contributed by atoms with E-state index in [4.69, 9.17) is 5.11 Å². The molecule has 0 saturated heterocycles. The SMILES string of the molecule is CP(=O)([O-])CCC(=O)O.[Na+]. The van der Waals surface area contributed by atoms with Crippen LogP contribution in [0, 0.1) is 0 Å². The van der Waals surface area contributed by atoms with Crippen LogP contribution < -0.4 is 34.5 Å². The molecular weight excluding hydrogens is 166 g/mol. The van der Waals surface area contributed by atoms with E-state index >= 15 is 0 Å². The Balaban J connectivity index is 0. The Hall–Kier alpha value is 0.660. The third kappa shape index (κ3) is 11.5. The number of carbonyl (C=O) groups is 1. The zero-order chi connectivity index (χ0) is 7.49. The third-order valence-electron chi connectivity index (χ3n) is 0.732. The molecule has 0 aliphatic rings. The first-order valence-electron chi connectivity index (χ1n) is 2.41. The summed E-state index contributed by atoms with van der Waals surface area (Å²) in [4.78, 5) is 20.1. The van der Waals surface area contributed by atoms with E-state index in [1.807, 2.05) is 0 Å². The van der Waals surface area contributed by atoms with Crippen LogP contribution in [-0.2, 0) is 9.36 Å². The topological polar surface area (TPSA) is 77.4 Å². The van der Waals surface area contributed by atoms with Crippen molar-refractivity contribution in [1.29, 1.82) is 0 Å². The molecule has 0 heterocycles. The van der Waals surface area contributed by atoms with Gasteiger partial charge >= 0.3 is 35.5 Å². The van der Waals surface area contributed by atoms with Crippen molar-refractivity contribution in [2.24, 2.45) is 0 Å². The standard InChI is InChI=1S/C4H9O4P.Na/c1-9(7,8)3-2-4(5)6;/h2-3H2,1H3,(H,5,6)(H,7,8);/q;+1/p-1. The summed E-state index contributed by atoms with van der Waals surface area (Å²) in [5.74, 6) is -1.08. The number of hydrogen-bond donors (Lipinski definition) is 1. The third-order valence-corrected chi connectivity index (χ3v) is 1.77. The molecule has 0 fully saturated rings. The van der Waals surface area contributed by atoms with E-state index in [-0.39, 0.29) is 42.1 Å². The molecule has 0 rings (SSSR count). The number of carboxylic acids is 1. The van der Waals surface area contributed by atoms with Crippen molar-refractivity contribution >= 4 is 13.3 Å². The van der Waals surface area contributed by atoms with Gasteiger partial charge in [0.25, 0.3) is 0 Å². The van der Waals surface area contributed by atoms with Gasteiger partial charge in [0.1, 0.15) is 0 Å². The van der Waals surface area contributed by atoms with Crippen LogP contribution in [0.2, 0.25) is 0 Å². The summed E-state index contributed by atoms with van der Waals surface area (Å²) in [6.07, 6.45) is -0.542. The fourth-order valence-electron chi connectivity index (χ4n) is 0.299. The second-order valence-corrected chi connectivity index (χ2v) is 4.36. The zero-order valence-corrected chi connectivity index (χ0v) is 8.93. The molecular formula is C4H8NaO4P. The minimum absolute atomic E-state index is 0. The molecule has 0 aromatic carbocycles. The van der Waals surface area contributed by atoms with E-state index in [2.05, 4.69) is 0 Å². The molecule has 0 aliphatic carbocycles. The first-order chi connectivity index (χ1) is 3.92. The van der Waals surface area contributed by atoms with Gasteiger partial charge in [-0.3, -0.25) is 4.79 Å². The predicted octanol–water partition coefficient (Wildman–Crippen LogP) is -3.27. The molecule has 4 nitrogen and oxygen atoms in total. The Labute approximate surface area is 81.4 Å². The van der Waals surface area contributed by atoms with Crippen molar-refractivity contribution in [3.05, 3.63) is 0 Å². The Morgan fingerprint density at radius 2 is 2.10 bits per heavy atom. The average molecular weight is 174 g/mol. The Morgan fingerprint density at radius 1 is 1.70 bits per heavy atom. The molecule has 0 amide bonds. The Morgan fingerprint density at radius 3 is 2.20 bits per heavy atom. The molecule has 6 heteroatoms. The normalized spacial score (nSPS) is 15.0. The number of aliphatic carboxylic acids is 1. The molecule has 0 aliphatic heterocycles. The molecule has 1 unspecified atom stereocenters. The van der Waals surface area contributed by atoms with E-state index < -0.39 is 13.3 Å². The first kappa shape index (κ1) is 13.3. The maximum absolute atomic E-state index is 10.3. The molecule has 0 aromatic rings.